The number of aliphatic hydroxyl groups excluding tert-OH is 1. The minimum Gasteiger partial charge on any atom is -0.496 e. The van der Waals surface area contributed by atoms with Crippen LogP contribution in [-0.2, 0) is 25.5 Å². The molecule has 246 valence electrons. The minimum atomic E-state index is -1.52. The number of halogens is 1. The third-order valence-corrected chi connectivity index (χ3v) is 7.98. The SMILES string of the molecule is COc1ccccc1CCNNC(=O)[C@@]1(CCC(=O)OC(C)(C)C)N=C(c2ccc(OCCCO)cc2)O[C@H]1c1ccccc1Br. The fourth-order valence-corrected chi connectivity index (χ4v) is 5.57. The number of nitrogens with one attached hydrogen (secondary N) is 2. The molecule has 0 unspecified atom stereocenters. The lowest BCUT2D eigenvalue weighted by Crippen LogP contribution is -2.53. The Morgan fingerprint density at radius 2 is 1.76 bits per heavy atom. The minimum absolute atomic E-state index is 0.0276. The van der Waals surface area contributed by atoms with E-state index in [0.29, 0.717) is 42.9 Å². The molecule has 46 heavy (non-hydrogen) atoms. The number of aliphatic hydroxyl groups is 1. The number of benzene rings is 3. The maximum atomic E-state index is 14.3. The predicted molar refractivity (Wildman–Crippen MR) is 179 cm³/mol. The van der Waals surface area contributed by atoms with Crippen LogP contribution in [0.5, 0.6) is 11.5 Å². The molecule has 3 N–H and O–H groups in total. The smallest absolute Gasteiger partial charge is 0.306 e. The van der Waals surface area contributed by atoms with Crippen molar-refractivity contribution in [2.75, 3.05) is 26.9 Å². The first-order chi connectivity index (χ1) is 22.1. The average Bonchev–Trinajstić information content (AvgIpc) is 3.42. The Hall–Kier alpha value is -3.93. The number of para-hydroxylation sites is 1. The number of nitrogens with zero attached hydrogens (tertiary/aromatic N) is 1. The molecular formula is C35H42BrN3O7. The molecule has 0 saturated heterocycles. The van der Waals surface area contributed by atoms with Crippen molar-refractivity contribution in [3.63, 3.8) is 0 Å². The molecule has 3 aromatic rings. The van der Waals surface area contributed by atoms with Gasteiger partial charge in [-0.1, -0.05) is 52.3 Å². The monoisotopic (exact) mass is 695 g/mol. The van der Waals surface area contributed by atoms with Crippen LogP contribution in [-0.4, -0.2) is 60.9 Å². The van der Waals surface area contributed by atoms with Gasteiger partial charge >= 0.3 is 5.97 Å². The molecule has 4 rings (SSSR count). The lowest BCUT2D eigenvalue weighted by atomic mass is 9.83. The summed E-state index contributed by atoms with van der Waals surface area (Å²) in [6.07, 6.45) is 0.218. The maximum Gasteiger partial charge on any atom is 0.306 e. The summed E-state index contributed by atoms with van der Waals surface area (Å²) >= 11 is 3.63. The molecule has 0 aliphatic carbocycles. The van der Waals surface area contributed by atoms with Gasteiger partial charge in [0.2, 0.25) is 5.90 Å². The zero-order chi connectivity index (χ0) is 33.2. The number of methoxy groups -OCH3 is 1. The van der Waals surface area contributed by atoms with Crippen LogP contribution in [0.4, 0.5) is 0 Å². The van der Waals surface area contributed by atoms with Gasteiger partial charge in [0.25, 0.3) is 5.91 Å². The van der Waals surface area contributed by atoms with E-state index in [1.165, 1.54) is 0 Å². The van der Waals surface area contributed by atoms with Crippen LogP contribution in [0.1, 0.15) is 62.8 Å². The normalized spacial score (nSPS) is 17.5. The number of carbonyl (C=O) groups excluding carboxylic acids is 2. The first-order valence-corrected chi connectivity index (χ1v) is 16.1. The lowest BCUT2D eigenvalue weighted by molar-refractivity contribution is -0.155. The molecule has 1 aliphatic rings. The second-order valence-electron chi connectivity index (χ2n) is 11.8. The molecule has 0 aromatic heterocycles. The first-order valence-electron chi connectivity index (χ1n) is 15.3. The van der Waals surface area contributed by atoms with Gasteiger partial charge in [-0.05, 0) is 75.6 Å². The van der Waals surface area contributed by atoms with Crippen LogP contribution < -0.4 is 20.3 Å². The van der Waals surface area contributed by atoms with Gasteiger partial charge in [0, 0.05) is 41.6 Å². The van der Waals surface area contributed by atoms with Crippen molar-refractivity contribution in [3.05, 3.63) is 94.0 Å². The standard InChI is InChI=1S/C35H42BrN3O7/c1-34(2,3)46-30(41)18-20-35(33(42)39-37-21-19-24-10-5-8-13-29(24)43-4)31(27-11-6-7-12-28(27)36)45-32(38-35)25-14-16-26(17-15-25)44-23-9-22-40/h5-8,10-17,31,37,40H,9,18-23H2,1-4H3,(H,39,42)/t31-,35-/m0/s1. The molecular weight excluding hydrogens is 654 g/mol. The number of aliphatic imine (C=N–C) groups is 1. The highest BCUT2D eigenvalue weighted by Gasteiger charge is 2.54. The van der Waals surface area contributed by atoms with Gasteiger partial charge in [-0.15, -0.1) is 0 Å². The van der Waals surface area contributed by atoms with E-state index in [-0.39, 0.29) is 25.3 Å². The van der Waals surface area contributed by atoms with E-state index >= 15 is 0 Å². The third-order valence-electron chi connectivity index (χ3n) is 7.26. The first kappa shape index (κ1) is 34.9. The molecule has 0 fully saturated rings. The van der Waals surface area contributed by atoms with Crippen molar-refractivity contribution >= 4 is 33.7 Å². The molecule has 0 bridgehead atoms. The van der Waals surface area contributed by atoms with Gasteiger partial charge in [-0.25, -0.2) is 10.4 Å². The van der Waals surface area contributed by atoms with Crippen molar-refractivity contribution in [1.29, 1.82) is 0 Å². The van der Waals surface area contributed by atoms with Crippen LogP contribution in [0.25, 0.3) is 0 Å². The molecule has 1 amide bonds. The van der Waals surface area contributed by atoms with Crippen LogP contribution in [0.3, 0.4) is 0 Å². The van der Waals surface area contributed by atoms with Crippen molar-refractivity contribution in [1.82, 2.24) is 10.9 Å². The van der Waals surface area contributed by atoms with E-state index in [1.54, 1.807) is 52.1 Å². The van der Waals surface area contributed by atoms with Crippen LogP contribution in [0, 0.1) is 0 Å². The number of amides is 1. The Bertz CT molecular complexity index is 1510. The van der Waals surface area contributed by atoms with Gasteiger partial charge in [-0.3, -0.25) is 15.0 Å². The number of esters is 1. The average molecular weight is 697 g/mol. The summed E-state index contributed by atoms with van der Waals surface area (Å²) in [7, 11) is 1.62. The molecule has 3 aromatic carbocycles. The van der Waals surface area contributed by atoms with Gasteiger partial charge in [0.1, 0.15) is 17.1 Å². The summed E-state index contributed by atoms with van der Waals surface area (Å²) in [6.45, 7) is 6.25. The Kier molecular flexibility index (Phi) is 12.2. The van der Waals surface area contributed by atoms with Crippen LogP contribution >= 0.6 is 15.9 Å². The van der Waals surface area contributed by atoms with Gasteiger partial charge < -0.3 is 24.1 Å². The van der Waals surface area contributed by atoms with Gasteiger partial charge in [0.05, 0.1) is 13.7 Å². The summed E-state index contributed by atoms with van der Waals surface area (Å²) in [5.74, 6) is 0.766. The summed E-state index contributed by atoms with van der Waals surface area (Å²) < 4.78 is 24.0. The van der Waals surface area contributed by atoms with Gasteiger partial charge in [-0.2, -0.15) is 0 Å². The van der Waals surface area contributed by atoms with Crippen molar-refractivity contribution < 1.29 is 33.6 Å². The summed E-state index contributed by atoms with van der Waals surface area (Å²) in [6, 6.07) is 22.4. The molecule has 1 heterocycles. The topological polar surface area (TPSA) is 128 Å². The van der Waals surface area contributed by atoms with E-state index in [0.717, 1.165) is 15.8 Å². The highest BCUT2D eigenvalue weighted by Crippen LogP contribution is 2.45. The molecule has 0 radical (unpaired) electrons. The van der Waals surface area contributed by atoms with Gasteiger partial charge in [0.15, 0.2) is 11.6 Å². The number of carbonyl (C=O) groups is 2. The van der Waals surface area contributed by atoms with Crippen molar-refractivity contribution in [3.8, 4) is 11.5 Å². The molecule has 10 nitrogen and oxygen atoms in total. The Morgan fingerprint density at radius 1 is 1.04 bits per heavy atom. The zero-order valence-electron chi connectivity index (χ0n) is 26.7. The quantitative estimate of drug-likeness (QED) is 0.109. The fraction of sp³-hybridized carbons (Fsp3) is 0.400. The van der Waals surface area contributed by atoms with Crippen molar-refractivity contribution in [2.24, 2.45) is 4.99 Å². The zero-order valence-corrected chi connectivity index (χ0v) is 28.3. The number of hydrogen-bond donors (Lipinski definition) is 3. The number of rotatable bonds is 15. The highest BCUT2D eigenvalue weighted by atomic mass is 79.9. The summed E-state index contributed by atoms with van der Waals surface area (Å²) in [5, 5.41) is 9.05. The number of ether oxygens (including phenoxy) is 4. The maximum absolute atomic E-state index is 14.3. The second-order valence-corrected chi connectivity index (χ2v) is 12.7. The Morgan fingerprint density at radius 3 is 2.46 bits per heavy atom. The number of hydrazine groups is 1. The van der Waals surface area contributed by atoms with E-state index in [4.69, 9.17) is 29.0 Å². The third kappa shape index (κ3) is 9.08. The molecule has 2 atom stereocenters. The fourth-order valence-electron chi connectivity index (χ4n) is 5.08. The Labute approximate surface area is 278 Å². The number of hydrogen-bond acceptors (Lipinski definition) is 9. The van der Waals surface area contributed by atoms with E-state index < -0.39 is 29.1 Å². The summed E-state index contributed by atoms with van der Waals surface area (Å²) in [4.78, 5) is 32.2. The molecule has 0 spiro atoms. The second kappa shape index (κ2) is 16.1. The van der Waals surface area contributed by atoms with E-state index in [1.807, 2.05) is 48.5 Å². The predicted octanol–water partition coefficient (Wildman–Crippen LogP) is 5.46. The Balaban J connectivity index is 1.65. The summed E-state index contributed by atoms with van der Waals surface area (Å²) in [5.41, 5.74) is 6.02. The molecule has 1 aliphatic heterocycles. The van der Waals surface area contributed by atoms with Crippen LogP contribution in [0.15, 0.2) is 82.3 Å². The highest BCUT2D eigenvalue weighted by molar-refractivity contribution is 9.10. The molecule has 11 heteroatoms. The van der Waals surface area contributed by atoms with E-state index in [2.05, 4.69) is 26.8 Å². The van der Waals surface area contributed by atoms with E-state index in [9.17, 15) is 9.59 Å². The largest absolute Gasteiger partial charge is 0.496 e. The van der Waals surface area contributed by atoms with Crippen molar-refractivity contribution in [2.45, 2.75) is 63.7 Å². The molecule has 0 saturated carbocycles. The van der Waals surface area contributed by atoms with Crippen LogP contribution in [0.2, 0.25) is 0 Å². The lowest BCUT2D eigenvalue weighted by Gasteiger charge is -2.31.